The maximum Gasteiger partial charge on any atom is -0.0233 e. The van der Waals surface area contributed by atoms with E-state index in [9.17, 15) is 0 Å². The van der Waals surface area contributed by atoms with E-state index in [1.165, 1.54) is 11.1 Å². The molecule has 86 valence electrons. The summed E-state index contributed by atoms with van der Waals surface area (Å²) in [6, 6.07) is 10.2. The van der Waals surface area contributed by atoms with Crippen molar-refractivity contribution < 1.29 is 0 Å². The third-order valence-electron chi connectivity index (χ3n) is 1.80. The Kier molecular flexibility index (Phi) is 6.95. The lowest BCUT2D eigenvalue weighted by atomic mass is 10.1. The molecule has 16 heavy (non-hydrogen) atoms. The number of hydrogen-bond acceptors (Lipinski definition) is 0. The predicted molar refractivity (Wildman–Crippen MR) is 75.4 cm³/mol. The first-order valence-corrected chi connectivity index (χ1v) is 5.45. The van der Waals surface area contributed by atoms with Crippen molar-refractivity contribution in [3.8, 4) is 0 Å². The van der Waals surface area contributed by atoms with Crippen LogP contribution in [0, 0.1) is 0 Å². The van der Waals surface area contributed by atoms with Gasteiger partial charge in [0.25, 0.3) is 0 Å². The number of rotatable bonds is 2. The molecule has 0 saturated heterocycles. The second-order valence-electron chi connectivity index (χ2n) is 4.21. The Balaban J connectivity index is 0.000000293. The molecule has 0 aliphatic rings. The third kappa shape index (κ3) is 7.81. The van der Waals surface area contributed by atoms with Gasteiger partial charge in [-0.15, -0.1) is 0 Å². The lowest BCUT2D eigenvalue weighted by molar-refractivity contribution is 1.36. The Morgan fingerprint density at radius 3 is 1.62 bits per heavy atom. The molecule has 1 rings (SSSR count). The van der Waals surface area contributed by atoms with E-state index in [1.54, 1.807) is 0 Å². The molecular formula is C16H22. The van der Waals surface area contributed by atoms with Crippen LogP contribution in [-0.4, -0.2) is 0 Å². The molecule has 0 heterocycles. The quantitative estimate of drug-likeness (QED) is 0.590. The monoisotopic (exact) mass is 214 g/mol. The lowest BCUT2D eigenvalue weighted by Crippen LogP contribution is -1.72. The summed E-state index contributed by atoms with van der Waals surface area (Å²) in [5.41, 5.74) is 4.78. The van der Waals surface area contributed by atoms with E-state index in [-0.39, 0.29) is 0 Å². The van der Waals surface area contributed by atoms with Crippen molar-refractivity contribution >= 4 is 5.57 Å². The normalized spacial score (nSPS) is 8.50. The molecule has 1 aromatic rings. The van der Waals surface area contributed by atoms with Crippen molar-refractivity contribution in [3.05, 3.63) is 66.3 Å². The largest absolute Gasteiger partial charge is 0.0961 e. The average molecular weight is 214 g/mol. The second-order valence-corrected chi connectivity index (χ2v) is 4.21. The summed E-state index contributed by atoms with van der Waals surface area (Å²) in [6.07, 6.45) is 2.06. The molecule has 0 aliphatic heterocycles. The minimum Gasteiger partial charge on any atom is -0.0961 e. The topological polar surface area (TPSA) is 0 Å². The minimum atomic E-state index is 1.12. The molecule has 0 N–H and O–H groups in total. The molecule has 0 heteroatoms. The molecule has 0 spiro atoms. The molecule has 0 amide bonds. The van der Waals surface area contributed by atoms with Crippen LogP contribution < -0.4 is 0 Å². The van der Waals surface area contributed by atoms with Crippen LogP contribution in [0.3, 0.4) is 0 Å². The van der Waals surface area contributed by atoms with E-state index in [1.807, 2.05) is 32.0 Å². The Morgan fingerprint density at radius 2 is 1.44 bits per heavy atom. The number of benzene rings is 1. The average Bonchev–Trinajstić information content (AvgIpc) is 2.17. The molecule has 1 aromatic carbocycles. The molecule has 0 bridgehead atoms. The number of hydrogen-bond donors (Lipinski definition) is 0. The van der Waals surface area contributed by atoms with Gasteiger partial charge in [0, 0.05) is 0 Å². The summed E-state index contributed by atoms with van der Waals surface area (Å²) in [7, 11) is 0. The SMILES string of the molecule is C=C(C)C=C(C)C.C=C(C)c1ccccc1. The van der Waals surface area contributed by atoms with Crippen LogP contribution in [-0.2, 0) is 0 Å². The number of allylic oxidation sites excluding steroid dienone is 4. The van der Waals surface area contributed by atoms with Crippen molar-refractivity contribution in [3.63, 3.8) is 0 Å². The van der Waals surface area contributed by atoms with E-state index in [0.29, 0.717) is 0 Å². The highest BCUT2D eigenvalue weighted by Crippen LogP contribution is 2.08. The maximum atomic E-state index is 3.83. The van der Waals surface area contributed by atoms with Crippen LogP contribution in [0.25, 0.3) is 5.57 Å². The first kappa shape index (κ1) is 14.4. The second kappa shape index (κ2) is 7.70. The van der Waals surface area contributed by atoms with Crippen LogP contribution in [0.4, 0.5) is 0 Å². The summed E-state index contributed by atoms with van der Waals surface area (Å²) in [5, 5.41) is 0. The lowest BCUT2D eigenvalue weighted by Gasteiger charge is -1.94. The van der Waals surface area contributed by atoms with Crippen molar-refractivity contribution in [1.82, 2.24) is 0 Å². The third-order valence-corrected chi connectivity index (χ3v) is 1.80. The summed E-state index contributed by atoms with van der Waals surface area (Å²) in [5.74, 6) is 0. The first-order valence-electron chi connectivity index (χ1n) is 5.45. The van der Waals surface area contributed by atoms with E-state index in [4.69, 9.17) is 0 Å². The molecule has 0 atom stereocenters. The van der Waals surface area contributed by atoms with Gasteiger partial charge in [-0.1, -0.05) is 66.3 Å². The highest BCUT2D eigenvalue weighted by Gasteiger charge is 1.86. The highest BCUT2D eigenvalue weighted by molar-refractivity contribution is 5.60. The van der Waals surface area contributed by atoms with Gasteiger partial charge in [0.05, 0.1) is 0 Å². The van der Waals surface area contributed by atoms with Gasteiger partial charge in [0.1, 0.15) is 0 Å². The van der Waals surface area contributed by atoms with Crippen LogP contribution in [0.5, 0.6) is 0 Å². The van der Waals surface area contributed by atoms with Gasteiger partial charge in [0.2, 0.25) is 0 Å². The van der Waals surface area contributed by atoms with E-state index in [0.717, 1.165) is 11.1 Å². The summed E-state index contributed by atoms with van der Waals surface area (Å²) >= 11 is 0. The van der Waals surface area contributed by atoms with Crippen LogP contribution in [0.1, 0.15) is 33.3 Å². The maximum absolute atomic E-state index is 3.83. The fraction of sp³-hybridized carbons (Fsp3) is 0.250. The van der Waals surface area contributed by atoms with Crippen molar-refractivity contribution in [2.45, 2.75) is 27.7 Å². The molecule has 0 nitrogen and oxygen atoms in total. The predicted octanol–water partition coefficient (Wildman–Crippen LogP) is 5.25. The van der Waals surface area contributed by atoms with E-state index < -0.39 is 0 Å². The van der Waals surface area contributed by atoms with Gasteiger partial charge in [0.15, 0.2) is 0 Å². The molecule has 0 aromatic heterocycles. The molecule has 0 saturated carbocycles. The molecule has 0 fully saturated rings. The summed E-state index contributed by atoms with van der Waals surface area (Å²) < 4.78 is 0. The van der Waals surface area contributed by atoms with Gasteiger partial charge >= 0.3 is 0 Å². The van der Waals surface area contributed by atoms with Crippen LogP contribution in [0.15, 0.2) is 60.7 Å². The standard InChI is InChI=1S/C9H10.C7H12/c1-8(2)9-6-4-3-5-7-9;1-6(2)5-7(3)4/h3-7H,1H2,2H3;5H,1H2,2-4H3. The first-order chi connectivity index (χ1) is 7.43. The molecule has 0 radical (unpaired) electrons. The Labute approximate surface area is 100 Å². The summed E-state index contributed by atoms with van der Waals surface area (Å²) in [4.78, 5) is 0. The minimum absolute atomic E-state index is 1.12. The van der Waals surface area contributed by atoms with Crippen molar-refractivity contribution in [2.24, 2.45) is 0 Å². The zero-order valence-electron chi connectivity index (χ0n) is 10.9. The Hall–Kier alpha value is -1.56. The van der Waals surface area contributed by atoms with Gasteiger partial charge in [-0.05, 0) is 33.3 Å². The van der Waals surface area contributed by atoms with Crippen LogP contribution in [0.2, 0.25) is 0 Å². The molecular weight excluding hydrogens is 192 g/mol. The fourth-order valence-corrected chi connectivity index (χ4v) is 1.22. The van der Waals surface area contributed by atoms with Crippen molar-refractivity contribution in [1.29, 1.82) is 0 Å². The van der Waals surface area contributed by atoms with Gasteiger partial charge in [-0.2, -0.15) is 0 Å². The zero-order chi connectivity index (χ0) is 12.6. The van der Waals surface area contributed by atoms with Gasteiger partial charge < -0.3 is 0 Å². The Bertz CT molecular complexity index is 362. The summed E-state index contributed by atoms with van der Waals surface area (Å²) in [6.45, 7) is 15.7. The van der Waals surface area contributed by atoms with Gasteiger partial charge in [-0.3, -0.25) is 0 Å². The molecule has 0 aliphatic carbocycles. The molecule has 0 unspecified atom stereocenters. The van der Waals surface area contributed by atoms with Crippen LogP contribution >= 0.6 is 0 Å². The van der Waals surface area contributed by atoms with Crippen molar-refractivity contribution in [2.75, 3.05) is 0 Å². The van der Waals surface area contributed by atoms with Gasteiger partial charge in [-0.25, -0.2) is 0 Å². The fourth-order valence-electron chi connectivity index (χ4n) is 1.22. The van der Waals surface area contributed by atoms with E-state index >= 15 is 0 Å². The highest BCUT2D eigenvalue weighted by atomic mass is 13.9. The smallest absolute Gasteiger partial charge is 0.0233 e. The zero-order valence-corrected chi connectivity index (χ0v) is 10.9. The Morgan fingerprint density at radius 1 is 0.938 bits per heavy atom. The van der Waals surface area contributed by atoms with E-state index in [2.05, 4.69) is 45.2 Å².